The van der Waals surface area contributed by atoms with Gasteiger partial charge in [-0.3, -0.25) is 9.48 Å². The van der Waals surface area contributed by atoms with E-state index in [0.717, 1.165) is 22.5 Å². The Balaban J connectivity index is 1.51. The van der Waals surface area contributed by atoms with E-state index in [1.807, 2.05) is 60.1 Å². The molecule has 0 spiro atoms. The minimum atomic E-state index is -0.218. The molecule has 5 nitrogen and oxygen atoms in total. The molecule has 1 aromatic heterocycles. The Hall–Kier alpha value is -2.63. The van der Waals surface area contributed by atoms with E-state index in [-0.39, 0.29) is 12.0 Å². The van der Waals surface area contributed by atoms with Crippen LogP contribution < -0.4 is 5.32 Å². The van der Waals surface area contributed by atoms with Crippen molar-refractivity contribution in [1.29, 1.82) is 0 Å². The summed E-state index contributed by atoms with van der Waals surface area (Å²) in [5.41, 5.74) is 4.13. The molecule has 2 heterocycles. The van der Waals surface area contributed by atoms with E-state index in [2.05, 4.69) is 10.4 Å². The number of hydrogen-bond donors (Lipinski definition) is 1. The number of ether oxygens (including phenoxy) is 1. The van der Waals surface area contributed by atoms with Crippen molar-refractivity contribution < 1.29 is 9.53 Å². The number of carbonyl (C=O) groups is 1. The van der Waals surface area contributed by atoms with Crippen LogP contribution in [0, 0.1) is 6.92 Å². The quantitative estimate of drug-likeness (QED) is 0.747. The standard InChI is InChI=1S/C20H18ClN3O2/c1-13-4-2-3-5-17(13)22-20(25)18-10-16-12-26-19(11-24(16)23-18)14-6-8-15(21)9-7-14/h2-10,19H,11-12H2,1H3,(H,22,25)/t19-/m0/s1. The molecule has 0 radical (unpaired) electrons. The maximum atomic E-state index is 12.5. The Morgan fingerprint density at radius 2 is 2.00 bits per heavy atom. The van der Waals surface area contributed by atoms with Gasteiger partial charge in [0.05, 0.1) is 18.8 Å². The smallest absolute Gasteiger partial charge is 0.276 e. The molecule has 0 fully saturated rings. The number of amides is 1. The van der Waals surface area contributed by atoms with Gasteiger partial charge in [-0.05, 0) is 42.3 Å². The van der Waals surface area contributed by atoms with Gasteiger partial charge in [0.25, 0.3) is 5.91 Å². The van der Waals surface area contributed by atoms with E-state index >= 15 is 0 Å². The predicted octanol–water partition coefficient (Wildman–Crippen LogP) is 4.37. The van der Waals surface area contributed by atoms with Gasteiger partial charge in [0.15, 0.2) is 5.69 Å². The van der Waals surface area contributed by atoms with Crippen LogP contribution in [0.1, 0.15) is 33.4 Å². The Morgan fingerprint density at radius 1 is 1.23 bits per heavy atom. The number of anilines is 1. The van der Waals surface area contributed by atoms with Gasteiger partial charge in [-0.1, -0.05) is 41.9 Å². The van der Waals surface area contributed by atoms with E-state index < -0.39 is 0 Å². The number of benzene rings is 2. The first kappa shape index (κ1) is 16.8. The average molecular weight is 368 g/mol. The number of fused-ring (bicyclic) bond motifs is 1. The molecule has 6 heteroatoms. The molecule has 132 valence electrons. The molecule has 26 heavy (non-hydrogen) atoms. The lowest BCUT2D eigenvalue weighted by Crippen LogP contribution is -2.22. The zero-order valence-corrected chi connectivity index (χ0v) is 15.0. The summed E-state index contributed by atoms with van der Waals surface area (Å²) < 4.78 is 7.77. The Labute approximate surface area is 156 Å². The lowest BCUT2D eigenvalue weighted by atomic mass is 10.1. The summed E-state index contributed by atoms with van der Waals surface area (Å²) in [6.07, 6.45) is -0.105. The third-order valence-electron chi connectivity index (χ3n) is 4.50. The van der Waals surface area contributed by atoms with Gasteiger partial charge >= 0.3 is 0 Å². The van der Waals surface area contributed by atoms with Gasteiger partial charge in [-0.2, -0.15) is 5.10 Å². The monoisotopic (exact) mass is 367 g/mol. The first-order valence-corrected chi connectivity index (χ1v) is 8.79. The van der Waals surface area contributed by atoms with Crippen molar-refractivity contribution in [2.75, 3.05) is 5.32 Å². The van der Waals surface area contributed by atoms with Gasteiger partial charge in [0.1, 0.15) is 6.10 Å². The third kappa shape index (κ3) is 3.36. The highest BCUT2D eigenvalue weighted by atomic mass is 35.5. The third-order valence-corrected chi connectivity index (χ3v) is 4.75. The molecule has 1 amide bonds. The molecular weight excluding hydrogens is 350 g/mol. The van der Waals surface area contributed by atoms with Crippen LogP contribution >= 0.6 is 11.6 Å². The normalized spacial score (nSPS) is 16.2. The zero-order valence-electron chi connectivity index (χ0n) is 14.3. The summed E-state index contributed by atoms with van der Waals surface area (Å²) in [4.78, 5) is 12.5. The van der Waals surface area contributed by atoms with Gasteiger partial charge in [-0.25, -0.2) is 0 Å². The minimum absolute atomic E-state index is 0.105. The molecule has 0 bridgehead atoms. The zero-order chi connectivity index (χ0) is 18.1. The van der Waals surface area contributed by atoms with E-state index in [9.17, 15) is 4.79 Å². The topological polar surface area (TPSA) is 56.2 Å². The largest absolute Gasteiger partial charge is 0.365 e. The van der Waals surface area contributed by atoms with Crippen LogP contribution in [0.3, 0.4) is 0 Å². The fraction of sp³-hybridized carbons (Fsp3) is 0.200. The molecule has 4 rings (SSSR count). The number of halogens is 1. The number of carbonyl (C=O) groups excluding carboxylic acids is 1. The molecule has 1 aliphatic rings. The number of nitrogens with zero attached hydrogens (tertiary/aromatic N) is 2. The van der Waals surface area contributed by atoms with Crippen LogP contribution in [-0.2, 0) is 17.9 Å². The molecule has 1 N–H and O–H groups in total. The van der Waals surface area contributed by atoms with Crippen LogP contribution in [0.4, 0.5) is 5.69 Å². The van der Waals surface area contributed by atoms with Crippen LogP contribution in [0.2, 0.25) is 5.02 Å². The highest BCUT2D eigenvalue weighted by molar-refractivity contribution is 6.30. The predicted molar refractivity (Wildman–Crippen MR) is 100 cm³/mol. The van der Waals surface area contributed by atoms with Crippen LogP contribution in [0.5, 0.6) is 0 Å². The number of aryl methyl sites for hydroxylation is 1. The SMILES string of the molecule is Cc1ccccc1NC(=O)c1cc2n(n1)C[C@@H](c1ccc(Cl)cc1)OC2. The highest BCUT2D eigenvalue weighted by Crippen LogP contribution is 2.27. The first-order chi connectivity index (χ1) is 12.6. The number of nitrogens with one attached hydrogen (secondary N) is 1. The minimum Gasteiger partial charge on any atom is -0.365 e. The summed E-state index contributed by atoms with van der Waals surface area (Å²) in [7, 11) is 0. The van der Waals surface area contributed by atoms with E-state index in [0.29, 0.717) is 23.9 Å². The Morgan fingerprint density at radius 3 is 2.77 bits per heavy atom. The maximum absolute atomic E-state index is 12.5. The highest BCUT2D eigenvalue weighted by Gasteiger charge is 2.24. The fourth-order valence-corrected chi connectivity index (χ4v) is 3.14. The second kappa shape index (κ2) is 6.94. The molecule has 1 aliphatic heterocycles. The number of rotatable bonds is 3. The molecular formula is C20H18ClN3O2. The number of para-hydroxylation sites is 1. The van der Waals surface area contributed by atoms with Gasteiger partial charge in [-0.15, -0.1) is 0 Å². The van der Waals surface area contributed by atoms with Crippen molar-refractivity contribution in [2.45, 2.75) is 26.2 Å². The number of aromatic nitrogens is 2. The molecule has 0 saturated heterocycles. The van der Waals surface area contributed by atoms with Crippen molar-refractivity contribution in [3.63, 3.8) is 0 Å². The molecule has 0 saturated carbocycles. The van der Waals surface area contributed by atoms with Crippen LogP contribution in [0.25, 0.3) is 0 Å². The van der Waals surface area contributed by atoms with Crippen molar-refractivity contribution in [2.24, 2.45) is 0 Å². The van der Waals surface area contributed by atoms with Crippen LogP contribution in [0.15, 0.2) is 54.6 Å². The molecule has 0 unspecified atom stereocenters. The summed E-state index contributed by atoms with van der Waals surface area (Å²) in [5, 5.41) is 8.08. The molecule has 0 aliphatic carbocycles. The van der Waals surface area contributed by atoms with Crippen molar-refractivity contribution >= 4 is 23.2 Å². The molecule has 2 aromatic carbocycles. The number of hydrogen-bond acceptors (Lipinski definition) is 3. The Bertz CT molecular complexity index is 950. The van der Waals surface area contributed by atoms with E-state index in [4.69, 9.17) is 16.3 Å². The maximum Gasteiger partial charge on any atom is 0.276 e. The van der Waals surface area contributed by atoms with Gasteiger partial charge in [0, 0.05) is 10.7 Å². The Kier molecular flexibility index (Phi) is 4.49. The van der Waals surface area contributed by atoms with Crippen molar-refractivity contribution in [3.8, 4) is 0 Å². The molecule has 1 atom stereocenters. The summed E-state index contributed by atoms with van der Waals surface area (Å²) >= 11 is 5.94. The van der Waals surface area contributed by atoms with E-state index in [1.54, 1.807) is 6.07 Å². The lowest BCUT2D eigenvalue weighted by molar-refractivity contribution is -0.00118. The fourth-order valence-electron chi connectivity index (χ4n) is 3.01. The van der Waals surface area contributed by atoms with E-state index in [1.165, 1.54) is 0 Å². The first-order valence-electron chi connectivity index (χ1n) is 8.41. The second-order valence-corrected chi connectivity index (χ2v) is 6.76. The van der Waals surface area contributed by atoms with Gasteiger partial charge in [0.2, 0.25) is 0 Å². The summed E-state index contributed by atoms with van der Waals surface area (Å²) in [5.74, 6) is -0.218. The summed E-state index contributed by atoms with van der Waals surface area (Å²) in [6, 6.07) is 17.0. The summed E-state index contributed by atoms with van der Waals surface area (Å²) in [6.45, 7) is 2.94. The van der Waals surface area contributed by atoms with Crippen molar-refractivity contribution in [1.82, 2.24) is 9.78 Å². The van der Waals surface area contributed by atoms with Crippen LogP contribution in [-0.4, -0.2) is 15.7 Å². The molecule has 3 aromatic rings. The lowest BCUT2D eigenvalue weighted by Gasteiger charge is -2.24. The average Bonchev–Trinajstić information content (AvgIpc) is 3.07. The second-order valence-electron chi connectivity index (χ2n) is 6.32. The van der Waals surface area contributed by atoms with Crippen molar-refractivity contribution in [3.05, 3.63) is 82.1 Å². The van der Waals surface area contributed by atoms with Gasteiger partial charge < -0.3 is 10.1 Å².